The van der Waals surface area contributed by atoms with Crippen LogP contribution in [0.15, 0.2) is 18.2 Å². The summed E-state index contributed by atoms with van der Waals surface area (Å²) in [6, 6.07) is 3.50. The molecule has 1 aromatic rings. The quantitative estimate of drug-likeness (QED) is 0.583. The number of benzene rings is 1. The van der Waals surface area contributed by atoms with Gasteiger partial charge in [-0.2, -0.15) is 0 Å². The van der Waals surface area contributed by atoms with Crippen molar-refractivity contribution in [2.24, 2.45) is 5.92 Å². The van der Waals surface area contributed by atoms with E-state index in [-0.39, 0.29) is 35.1 Å². The van der Waals surface area contributed by atoms with Gasteiger partial charge in [-0.05, 0) is 37.3 Å². The van der Waals surface area contributed by atoms with Crippen LogP contribution in [-0.2, 0) is 4.74 Å². The lowest BCUT2D eigenvalue weighted by Gasteiger charge is -2.40. The molecule has 130 valence electrons. The molecule has 2 saturated heterocycles. The van der Waals surface area contributed by atoms with Crippen LogP contribution in [-0.4, -0.2) is 28.7 Å². The Balaban J connectivity index is 2.02. The largest absolute Gasteiger partial charge is 0.545 e. The summed E-state index contributed by atoms with van der Waals surface area (Å²) in [6.45, 7) is 4.08. The van der Waals surface area contributed by atoms with Crippen molar-refractivity contribution >= 4 is 11.7 Å². The number of aromatic carboxylic acids is 1. The number of nitro benzene ring substituents is 1. The Morgan fingerprint density at radius 2 is 2.25 bits per heavy atom. The van der Waals surface area contributed by atoms with Crippen molar-refractivity contribution in [1.29, 1.82) is 0 Å². The van der Waals surface area contributed by atoms with Crippen LogP contribution in [0, 0.1) is 16.0 Å². The van der Waals surface area contributed by atoms with Crippen LogP contribution >= 0.6 is 0 Å². The zero-order valence-corrected chi connectivity index (χ0v) is 13.7. The number of nitrogens with zero attached hydrogens (tertiary/aromatic N) is 1. The molecule has 0 radical (unpaired) electrons. The Bertz CT molecular complexity index is 675. The zero-order chi connectivity index (χ0) is 17.5. The van der Waals surface area contributed by atoms with E-state index in [4.69, 9.17) is 9.47 Å². The van der Waals surface area contributed by atoms with E-state index >= 15 is 0 Å². The highest BCUT2D eigenvalue weighted by atomic mass is 16.6. The van der Waals surface area contributed by atoms with E-state index in [1.807, 2.05) is 13.8 Å². The smallest absolute Gasteiger partial charge is 0.310 e. The van der Waals surface area contributed by atoms with Crippen LogP contribution in [0.2, 0.25) is 0 Å². The number of carboxylic acids is 1. The Hall–Kier alpha value is -2.15. The summed E-state index contributed by atoms with van der Waals surface area (Å²) in [7, 11) is 0. The van der Waals surface area contributed by atoms with Crippen LogP contribution < -0.4 is 9.84 Å². The third kappa shape index (κ3) is 2.62. The molecule has 4 unspecified atom stereocenters. The molecule has 2 heterocycles. The van der Waals surface area contributed by atoms with Crippen molar-refractivity contribution in [2.45, 2.75) is 57.3 Å². The van der Waals surface area contributed by atoms with E-state index in [1.165, 1.54) is 6.07 Å². The Morgan fingerprint density at radius 3 is 2.75 bits per heavy atom. The first-order chi connectivity index (χ1) is 11.4. The maximum atomic E-state index is 11.3. The van der Waals surface area contributed by atoms with E-state index in [2.05, 4.69) is 0 Å². The van der Waals surface area contributed by atoms with Gasteiger partial charge in [-0.1, -0.05) is 13.8 Å². The number of hydrogen-bond donors (Lipinski definition) is 0. The predicted molar refractivity (Wildman–Crippen MR) is 82.8 cm³/mol. The van der Waals surface area contributed by atoms with E-state index < -0.39 is 16.5 Å². The Kier molecular flexibility index (Phi) is 4.21. The van der Waals surface area contributed by atoms with Gasteiger partial charge in [0.25, 0.3) is 0 Å². The van der Waals surface area contributed by atoms with Crippen molar-refractivity contribution in [3.05, 3.63) is 33.9 Å². The molecule has 0 amide bonds. The first-order valence-corrected chi connectivity index (χ1v) is 8.21. The Labute approximate surface area is 139 Å². The first-order valence-electron chi connectivity index (χ1n) is 8.21. The molecule has 24 heavy (non-hydrogen) atoms. The van der Waals surface area contributed by atoms with E-state index in [1.54, 1.807) is 0 Å². The van der Waals surface area contributed by atoms with E-state index in [9.17, 15) is 20.0 Å². The summed E-state index contributed by atoms with van der Waals surface area (Å²) in [5, 5.41) is 22.4. The summed E-state index contributed by atoms with van der Waals surface area (Å²) in [5.74, 6) is -1.30. The van der Waals surface area contributed by atoms with Crippen molar-refractivity contribution in [2.75, 3.05) is 0 Å². The van der Waals surface area contributed by atoms with E-state index in [0.29, 0.717) is 6.42 Å². The van der Waals surface area contributed by atoms with E-state index in [0.717, 1.165) is 31.4 Å². The molecule has 1 aromatic carbocycles. The number of carboxylic acid groups (broad SMARTS) is 1. The van der Waals surface area contributed by atoms with Crippen LogP contribution in [0.25, 0.3) is 0 Å². The predicted octanol–water partition coefficient (Wildman–Crippen LogP) is 2.07. The monoisotopic (exact) mass is 334 g/mol. The highest BCUT2D eigenvalue weighted by molar-refractivity contribution is 5.87. The topological polar surface area (TPSA) is 102 Å². The summed E-state index contributed by atoms with van der Waals surface area (Å²) < 4.78 is 12.1. The number of rotatable bonds is 6. The van der Waals surface area contributed by atoms with Gasteiger partial charge >= 0.3 is 5.69 Å². The standard InChI is InChI=1S/C17H21NO6/c1-3-10(2)17(9-12-5-7-15(17)23-12)24-14-8-11(16(19)20)4-6-13(14)18(21)22/h4,6,8,10,12,15H,3,5,7,9H2,1-2H3,(H,19,20)/p-1. The lowest BCUT2D eigenvalue weighted by atomic mass is 9.75. The molecule has 0 N–H and O–H groups in total. The molecule has 4 atom stereocenters. The maximum Gasteiger partial charge on any atom is 0.310 e. The second-order valence-corrected chi connectivity index (χ2v) is 6.62. The van der Waals surface area contributed by atoms with Gasteiger partial charge in [0.15, 0.2) is 5.75 Å². The first kappa shape index (κ1) is 16.7. The second kappa shape index (κ2) is 6.05. The summed E-state index contributed by atoms with van der Waals surface area (Å²) in [6.07, 6.45) is 3.30. The highest BCUT2D eigenvalue weighted by Crippen LogP contribution is 2.50. The highest BCUT2D eigenvalue weighted by Gasteiger charge is 2.57. The molecule has 3 rings (SSSR count). The lowest BCUT2D eigenvalue weighted by molar-refractivity contribution is -0.386. The van der Waals surface area contributed by atoms with Crippen LogP contribution in [0.3, 0.4) is 0 Å². The van der Waals surface area contributed by atoms with Crippen LogP contribution in [0.5, 0.6) is 5.75 Å². The number of hydrogen-bond acceptors (Lipinski definition) is 6. The van der Waals surface area contributed by atoms with Gasteiger partial charge in [-0.25, -0.2) is 0 Å². The SMILES string of the molecule is CCC(C)C1(Oc2cc(C(=O)[O-])ccc2[N+](=O)[O-])CC2CCC1O2. The average Bonchev–Trinajstić information content (AvgIpc) is 3.15. The minimum atomic E-state index is -1.39. The minimum absolute atomic E-state index is 0.0295. The number of carbonyl (C=O) groups excluding carboxylic acids is 1. The maximum absolute atomic E-state index is 11.3. The van der Waals surface area contributed by atoms with Gasteiger partial charge in [0.1, 0.15) is 5.60 Å². The minimum Gasteiger partial charge on any atom is -0.545 e. The number of carbonyl (C=O) groups is 1. The molecule has 0 spiro atoms. The fourth-order valence-corrected chi connectivity index (χ4v) is 3.85. The zero-order valence-electron chi connectivity index (χ0n) is 13.7. The van der Waals surface area contributed by atoms with Gasteiger partial charge in [-0.15, -0.1) is 0 Å². The molecular formula is C17H20NO6-. The van der Waals surface area contributed by atoms with Gasteiger partial charge in [0, 0.05) is 18.1 Å². The number of fused-ring (bicyclic) bond motifs is 2. The van der Waals surface area contributed by atoms with Gasteiger partial charge in [-0.3, -0.25) is 10.1 Å². The fourth-order valence-electron chi connectivity index (χ4n) is 3.85. The fraction of sp³-hybridized carbons (Fsp3) is 0.588. The van der Waals surface area contributed by atoms with Crippen LogP contribution in [0.4, 0.5) is 5.69 Å². The number of ether oxygens (including phenoxy) is 2. The van der Waals surface area contributed by atoms with Crippen molar-refractivity contribution in [3.8, 4) is 5.75 Å². The summed E-state index contributed by atoms with van der Waals surface area (Å²) in [4.78, 5) is 21.9. The molecule has 0 saturated carbocycles. The molecule has 2 fully saturated rings. The van der Waals surface area contributed by atoms with Gasteiger partial charge < -0.3 is 19.4 Å². The molecule has 2 aliphatic rings. The lowest BCUT2D eigenvalue weighted by Crippen LogP contribution is -2.50. The third-order valence-corrected chi connectivity index (χ3v) is 5.34. The Morgan fingerprint density at radius 1 is 1.50 bits per heavy atom. The molecule has 7 heteroatoms. The second-order valence-electron chi connectivity index (χ2n) is 6.62. The molecular weight excluding hydrogens is 314 g/mol. The normalized spacial score (nSPS) is 29.4. The van der Waals surface area contributed by atoms with Crippen molar-refractivity contribution < 1.29 is 24.3 Å². The molecule has 2 aliphatic heterocycles. The molecule has 7 nitrogen and oxygen atoms in total. The van der Waals surface area contributed by atoms with Crippen molar-refractivity contribution in [1.82, 2.24) is 0 Å². The third-order valence-electron chi connectivity index (χ3n) is 5.34. The van der Waals surface area contributed by atoms with Gasteiger partial charge in [0.2, 0.25) is 0 Å². The average molecular weight is 334 g/mol. The van der Waals surface area contributed by atoms with Crippen molar-refractivity contribution in [3.63, 3.8) is 0 Å². The number of nitro groups is 1. The molecule has 2 bridgehead atoms. The molecule has 0 aromatic heterocycles. The van der Waals surface area contributed by atoms with Crippen LogP contribution in [0.1, 0.15) is 49.9 Å². The summed E-state index contributed by atoms with van der Waals surface area (Å²) in [5.41, 5.74) is -1.04. The van der Waals surface area contributed by atoms with Gasteiger partial charge in [0.05, 0.1) is 23.1 Å². The summed E-state index contributed by atoms with van der Waals surface area (Å²) >= 11 is 0. The molecule has 0 aliphatic carbocycles.